The van der Waals surface area contributed by atoms with Crippen molar-refractivity contribution in [1.29, 1.82) is 5.26 Å². The van der Waals surface area contributed by atoms with E-state index < -0.39 is 0 Å². The van der Waals surface area contributed by atoms with Gasteiger partial charge in [-0.05, 0) is 12.1 Å². The van der Waals surface area contributed by atoms with Crippen molar-refractivity contribution in [2.45, 2.75) is 0 Å². The zero-order valence-corrected chi connectivity index (χ0v) is 10.2. The molecule has 0 N–H and O–H groups in total. The van der Waals surface area contributed by atoms with E-state index in [9.17, 15) is 0 Å². The topological polar surface area (TPSA) is 62.0 Å². The smallest absolute Gasteiger partial charge is 0.222 e. The second kappa shape index (κ2) is 5.15. The summed E-state index contributed by atoms with van der Waals surface area (Å²) in [5.74, 6) is 1.11. The monoisotopic (exact) mass is 240 g/mol. The van der Waals surface area contributed by atoms with E-state index in [-0.39, 0.29) is 0 Å². The van der Waals surface area contributed by atoms with Crippen LogP contribution in [0, 0.1) is 11.3 Å². The van der Waals surface area contributed by atoms with E-state index in [1.807, 2.05) is 19.0 Å². The molecule has 1 aromatic heterocycles. The molecular weight excluding hydrogens is 228 g/mol. The summed E-state index contributed by atoms with van der Waals surface area (Å²) >= 11 is 0. The highest BCUT2D eigenvalue weighted by molar-refractivity contribution is 5.61. The standard InChI is InChI=1S/C13H12N4O/c1-17(2)12-7-11(4-3-10(12)8-14)18-13-5-6-15-9-16-13/h3-7,9H,1-2H3. The van der Waals surface area contributed by atoms with Gasteiger partial charge in [0.05, 0.1) is 11.3 Å². The van der Waals surface area contributed by atoms with Crippen LogP contribution in [-0.4, -0.2) is 24.1 Å². The third-order valence-corrected chi connectivity index (χ3v) is 2.35. The summed E-state index contributed by atoms with van der Waals surface area (Å²) in [7, 11) is 3.76. The lowest BCUT2D eigenvalue weighted by Gasteiger charge is -2.15. The molecule has 90 valence electrons. The number of hydrogen-bond acceptors (Lipinski definition) is 5. The van der Waals surface area contributed by atoms with Crippen molar-refractivity contribution in [3.63, 3.8) is 0 Å². The molecule has 0 aliphatic carbocycles. The van der Waals surface area contributed by atoms with Crippen molar-refractivity contribution >= 4 is 5.69 Å². The normalized spacial score (nSPS) is 9.61. The molecule has 0 atom stereocenters. The van der Waals surface area contributed by atoms with Crippen LogP contribution >= 0.6 is 0 Å². The maximum Gasteiger partial charge on any atom is 0.222 e. The number of nitriles is 1. The summed E-state index contributed by atoms with van der Waals surface area (Å²) in [5.41, 5.74) is 1.42. The van der Waals surface area contributed by atoms with Crippen LogP contribution in [0.25, 0.3) is 0 Å². The average Bonchev–Trinajstić information content (AvgIpc) is 2.40. The third kappa shape index (κ3) is 2.55. The highest BCUT2D eigenvalue weighted by Gasteiger charge is 2.07. The molecule has 0 spiro atoms. The summed E-state index contributed by atoms with van der Waals surface area (Å²) in [6.45, 7) is 0. The minimum Gasteiger partial charge on any atom is -0.439 e. The molecule has 2 rings (SSSR count). The Kier molecular flexibility index (Phi) is 3.39. The van der Waals surface area contributed by atoms with E-state index in [1.165, 1.54) is 6.33 Å². The van der Waals surface area contributed by atoms with E-state index >= 15 is 0 Å². The Hall–Kier alpha value is -2.61. The quantitative estimate of drug-likeness (QED) is 0.823. The van der Waals surface area contributed by atoms with Crippen LogP contribution in [0.3, 0.4) is 0 Å². The molecule has 0 aliphatic rings. The molecule has 0 aliphatic heterocycles. The van der Waals surface area contributed by atoms with E-state index in [1.54, 1.807) is 30.5 Å². The van der Waals surface area contributed by atoms with Crippen LogP contribution < -0.4 is 9.64 Å². The Morgan fingerprint density at radius 3 is 2.72 bits per heavy atom. The Morgan fingerprint density at radius 1 is 1.28 bits per heavy atom. The predicted octanol–water partition coefficient (Wildman–Crippen LogP) is 2.21. The van der Waals surface area contributed by atoms with Crippen LogP contribution in [0.5, 0.6) is 11.6 Å². The van der Waals surface area contributed by atoms with Crippen LogP contribution in [0.4, 0.5) is 5.69 Å². The first-order chi connectivity index (χ1) is 8.70. The molecule has 0 fully saturated rings. The number of anilines is 1. The first kappa shape index (κ1) is 11.9. The molecule has 0 amide bonds. The van der Waals surface area contributed by atoms with Gasteiger partial charge in [-0.3, -0.25) is 0 Å². The fourth-order valence-electron chi connectivity index (χ4n) is 1.50. The molecule has 5 nitrogen and oxygen atoms in total. The van der Waals surface area contributed by atoms with Gasteiger partial charge in [-0.1, -0.05) is 0 Å². The maximum atomic E-state index is 9.01. The van der Waals surface area contributed by atoms with Gasteiger partial charge in [-0.2, -0.15) is 5.26 Å². The van der Waals surface area contributed by atoms with E-state index in [0.717, 1.165) is 5.69 Å². The summed E-state index contributed by atoms with van der Waals surface area (Å²) in [5, 5.41) is 9.01. The molecule has 0 bridgehead atoms. The van der Waals surface area contributed by atoms with Crippen LogP contribution in [-0.2, 0) is 0 Å². The third-order valence-electron chi connectivity index (χ3n) is 2.35. The largest absolute Gasteiger partial charge is 0.439 e. The molecule has 2 aromatic rings. The van der Waals surface area contributed by atoms with E-state index in [2.05, 4.69) is 16.0 Å². The van der Waals surface area contributed by atoms with Crippen LogP contribution in [0.1, 0.15) is 5.56 Å². The maximum absolute atomic E-state index is 9.01. The first-order valence-corrected chi connectivity index (χ1v) is 5.36. The lowest BCUT2D eigenvalue weighted by atomic mass is 10.2. The lowest BCUT2D eigenvalue weighted by molar-refractivity contribution is 0.461. The molecule has 0 radical (unpaired) electrons. The van der Waals surface area contributed by atoms with Crippen molar-refractivity contribution in [3.05, 3.63) is 42.4 Å². The molecule has 18 heavy (non-hydrogen) atoms. The molecule has 0 saturated carbocycles. The van der Waals surface area contributed by atoms with Gasteiger partial charge >= 0.3 is 0 Å². The van der Waals surface area contributed by atoms with Gasteiger partial charge in [0.25, 0.3) is 0 Å². The van der Waals surface area contributed by atoms with Gasteiger partial charge in [0.15, 0.2) is 0 Å². The van der Waals surface area contributed by atoms with E-state index in [4.69, 9.17) is 10.00 Å². The number of rotatable bonds is 3. The molecule has 5 heteroatoms. The van der Waals surface area contributed by atoms with Gasteiger partial charge in [0.2, 0.25) is 5.88 Å². The summed E-state index contributed by atoms with van der Waals surface area (Å²) in [4.78, 5) is 9.66. The zero-order chi connectivity index (χ0) is 13.0. The van der Waals surface area contributed by atoms with Crippen molar-refractivity contribution in [3.8, 4) is 17.7 Å². The van der Waals surface area contributed by atoms with Gasteiger partial charge in [-0.25, -0.2) is 9.97 Å². The molecule has 1 heterocycles. The Labute approximate surface area is 105 Å². The van der Waals surface area contributed by atoms with Crippen molar-refractivity contribution in [2.24, 2.45) is 0 Å². The van der Waals surface area contributed by atoms with Gasteiger partial charge in [0, 0.05) is 32.4 Å². The summed E-state index contributed by atoms with van der Waals surface area (Å²) < 4.78 is 5.58. The molecule has 0 unspecified atom stereocenters. The zero-order valence-electron chi connectivity index (χ0n) is 10.2. The van der Waals surface area contributed by atoms with Gasteiger partial charge < -0.3 is 9.64 Å². The Morgan fingerprint density at radius 2 is 2.11 bits per heavy atom. The van der Waals surface area contributed by atoms with Crippen LogP contribution in [0.2, 0.25) is 0 Å². The van der Waals surface area contributed by atoms with Crippen LogP contribution in [0.15, 0.2) is 36.8 Å². The molecular formula is C13H12N4O. The fraction of sp³-hybridized carbons (Fsp3) is 0.154. The Bertz CT molecular complexity index is 575. The highest BCUT2D eigenvalue weighted by atomic mass is 16.5. The molecule has 1 aromatic carbocycles. The minimum absolute atomic E-state index is 0.472. The number of aromatic nitrogens is 2. The van der Waals surface area contributed by atoms with E-state index in [0.29, 0.717) is 17.2 Å². The number of hydrogen-bond donors (Lipinski definition) is 0. The average molecular weight is 240 g/mol. The number of ether oxygens (including phenoxy) is 1. The molecule has 0 saturated heterocycles. The van der Waals surface area contributed by atoms with Gasteiger partial charge in [-0.15, -0.1) is 0 Å². The highest BCUT2D eigenvalue weighted by Crippen LogP contribution is 2.26. The van der Waals surface area contributed by atoms with Crippen molar-refractivity contribution in [2.75, 3.05) is 19.0 Å². The second-order valence-corrected chi connectivity index (χ2v) is 3.83. The minimum atomic E-state index is 0.472. The number of benzene rings is 1. The summed E-state index contributed by atoms with van der Waals surface area (Å²) in [6, 6.07) is 9.10. The fourth-order valence-corrected chi connectivity index (χ4v) is 1.50. The summed E-state index contributed by atoms with van der Waals surface area (Å²) in [6.07, 6.45) is 3.03. The first-order valence-electron chi connectivity index (χ1n) is 5.36. The SMILES string of the molecule is CN(C)c1cc(Oc2ccncn2)ccc1C#N. The van der Waals surface area contributed by atoms with Crippen molar-refractivity contribution in [1.82, 2.24) is 9.97 Å². The predicted molar refractivity (Wildman–Crippen MR) is 67.6 cm³/mol. The second-order valence-electron chi connectivity index (χ2n) is 3.83. The van der Waals surface area contributed by atoms with Crippen molar-refractivity contribution < 1.29 is 4.74 Å². The number of nitrogens with zero attached hydrogens (tertiary/aromatic N) is 4. The Balaban J connectivity index is 2.31. The van der Waals surface area contributed by atoms with Gasteiger partial charge in [0.1, 0.15) is 18.1 Å². The lowest BCUT2D eigenvalue weighted by Crippen LogP contribution is -2.10.